The number of nitrogens with zero attached hydrogens (tertiary/aromatic N) is 2. The fraction of sp³-hybridized carbons (Fsp3) is 0.333. The standard InChI is InChI=1S/C24H25N3O5/c1-31-19-8-7-14(11-20(19)32-2)23-22-16(15-5-3-4-6-17(15)25-22)12-18-24(30)26(9-10-28)13-21(29)27(18)23/h3-8,11,18,23,25,28H,9-10,12-13H2,1-2H3/t18-,23+/m0/s1. The molecule has 0 bridgehead atoms. The van der Waals surface area contributed by atoms with E-state index >= 15 is 0 Å². The molecular weight excluding hydrogens is 410 g/mol. The molecule has 8 heteroatoms. The summed E-state index contributed by atoms with van der Waals surface area (Å²) in [5.74, 6) is 0.866. The molecule has 2 aromatic carbocycles. The van der Waals surface area contributed by atoms with Crippen LogP contribution in [-0.4, -0.2) is 71.7 Å². The van der Waals surface area contributed by atoms with Crippen LogP contribution in [0.4, 0.5) is 0 Å². The van der Waals surface area contributed by atoms with E-state index in [2.05, 4.69) is 4.98 Å². The third-order valence-corrected chi connectivity index (χ3v) is 6.44. The maximum Gasteiger partial charge on any atom is 0.246 e. The number of para-hydroxylation sites is 1. The lowest BCUT2D eigenvalue weighted by Gasteiger charge is -2.47. The third-order valence-electron chi connectivity index (χ3n) is 6.44. The Balaban J connectivity index is 1.71. The van der Waals surface area contributed by atoms with Gasteiger partial charge < -0.3 is 29.4 Å². The molecular formula is C24H25N3O5. The van der Waals surface area contributed by atoms with E-state index in [0.717, 1.165) is 27.7 Å². The number of fused-ring (bicyclic) bond motifs is 4. The number of carbonyl (C=O) groups excluding carboxylic acids is 2. The predicted octanol–water partition coefficient (Wildman–Crippen LogP) is 1.86. The van der Waals surface area contributed by atoms with Gasteiger partial charge in [-0.15, -0.1) is 0 Å². The number of carbonyl (C=O) groups is 2. The van der Waals surface area contributed by atoms with Crippen molar-refractivity contribution in [3.63, 3.8) is 0 Å². The largest absolute Gasteiger partial charge is 0.493 e. The van der Waals surface area contributed by atoms with Crippen LogP contribution in [-0.2, 0) is 16.0 Å². The van der Waals surface area contributed by atoms with Gasteiger partial charge in [-0.1, -0.05) is 24.3 Å². The molecule has 1 aromatic heterocycles. The Morgan fingerprint density at radius 1 is 1.09 bits per heavy atom. The first-order chi connectivity index (χ1) is 15.6. The zero-order valence-electron chi connectivity index (χ0n) is 18.0. The second kappa shape index (κ2) is 7.87. The van der Waals surface area contributed by atoms with E-state index in [4.69, 9.17) is 9.47 Å². The Morgan fingerprint density at radius 3 is 2.62 bits per heavy atom. The number of H-pyrrole nitrogens is 1. The Labute approximate surface area is 185 Å². The van der Waals surface area contributed by atoms with Crippen LogP contribution in [0.15, 0.2) is 42.5 Å². The van der Waals surface area contributed by atoms with Crippen molar-refractivity contribution < 1.29 is 24.2 Å². The van der Waals surface area contributed by atoms with Crippen LogP contribution in [0.5, 0.6) is 11.5 Å². The van der Waals surface area contributed by atoms with Crippen LogP contribution in [0.2, 0.25) is 0 Å². The lowest BCUT2D eigenvalue weighted by Crippen LogP contribution is -2.63. The molecule has 0 radical (unpaired) electrons. The van der Waals surface area contributed by atoms with Gasteiger partial charge in [-0.05, 0) is 29.3 Å². The number of rotatable bonds is 5. The summed E-state index contributed by atoms with van der Waals surface area (Å²) < 4.78 is 10.9. The number of aliphatic hydroxyl groups is 1. The van der Waals surface area contributed by atoms with E-state index in [0.29, 0.717) is 17.9 Å². The molecule has 0 unspecified atom stereocenters. The molecule has 5 rings (SSSR count). The van der Waals surface area contributed by atoms with Crippen molar-refractivity contribution in [1.29, 1.82) is 0 Å². The van der Waals surface area contributed by atoms with Crippen LogP contribution >= 0.6 is 0 Å². The predicted molar refractivity (Wildman–Crippen MR) is 118 cm³/mol. The lowest BCUT2D eigenvalue weighted by atomic mass is 9.86. The van der Waals surface area contributed by atoms with Gasteiger partial charge in [0, 0.05) is 29.6 Å². The van der Waals surface area contributed by atoms with Crippen LogP contribution in [0.1, 0.15) is 22.9 Å². The molecule has 32 heavy (non-hydrogen) atoms. The van der Waals surface area contributed by atoms with E-state index in [1.54, 1.807) is 19.1 Å². The van der Waals surface area contributed by atoms with Gasteiger partial charge in [0.1, 0.15) is 6.04 Å². The number of nitrogens with one attached hydrogen (secondary N) is 1. The van der Waals surface area contributed by atoms with Crippen LogP contribution in [0.3, 0.4) is 0 Å². The number of β-amino-alcohol motifs (C(OH)–C–C–N with tert-alkyl or cyclic N) is 1. The molecule has 0 spiro atoms. The number of ether oxygens (including phenoxy) is 2. The highest BCUT2D eigenvalue weighted by Crippen LogP contribution is 2.44. The molecule has 0 saturated carbocycles. The van der Waals surface area contributed by atoms with Crippen molar-refractivity contribution in [2.75, 3.05) is 33.9 Å². The summed E-state index contributed by atoms with van der Waals surface area (Å²) in [6.45, 7) is -0.0743. The average molecular weight is 435 g/mol. The lowest BCUT2D eigenvalue weighted by molar-refractivity contribution is -0.159. The van der Waals surface area contributed by atoms with E-state index in [1.165, 1.54) is 4.90 Å². The summed E-state index contributed by atoms with van der Waals surface area (Å²) in [5.41, 5.74) is 3.74. The van der Waals surface area contributed by atoms with Gasteiger partial charge >= 0.3 is 0 Å². The van der Waals surface area contributed by atoms with E-state index in [-0.39, 0.29) is 31.5 Å². The Morgan fingerprint density at radius 2 is 1.88 bits per heavy atom. The van der Waals surface area contributed by atoms with E-state index in [9.17, 15) is 14.7 Å². The molecule has 2 N–H and O–H groups in total. The average Bonchev–Trinajstić information content (AvgIpc) is 3.19. The first-order valence-electron chi connectivity index (χ1n) is 10.6. The summed E-state index contributed by atoms with van der Waals surface area (Å²) in [6, 6.07) is 12.4. The fourth-order valence-corrected chi connectivity index (χ4v) is 5.00. The molecule has 0 aliphatic carbocycles. The number of amides is 2. The summed E-state index contributed by atoms with van der Waals surface area (Å²) in [7, 11) is 3.15. The maximum absolute atomic E-state index is 13.3. The van der Waals surface area contributed by atoms with Gasteiger partial charge in [0.2, 0.25) is 11.8 Å². The first kappa shape index (κ1) is 20.4. The van der Waals surface area contributed by atoms with Crippen molar-refractivity contribution in [2.45, 2.75) is 18.5 Å². The summed E-state index contributed by atoms with van der Waals surface area (Å²) in [6.07, 6.45) is 0.426. The number of hydrogen-bond acceptors (Lipinski definition) is 5. The molecule has 2 amide bonds. The minimum absolute atomic E-state index is 0.0464. The Hall–Kier alpha value is -3.52. The van der Waals surface area contributed by atoms with Crippen LogP contribution in [0, 0.1) is 0 Å². The summed E-state index contributed by atoms with van der Waals surface area (Å²) in [5, 5.41) is 10.4. The fourth-order valence-electron chi connectivity index (χ4n) is 5.00. The molecule has 1 fully saturated rings. The number of benzene rings is 2. The molecule has 166 valence electrons. The zero-order chi connectivity index (χ0) is 22.4. The number of aromatic nitrogens is 1. The zero-order valence-corrected chi connectivity index (χ0v) is 18.0. The number of aromatic amines is 1. The van der Waals surface area contributed by atoms with Crippen molar-refractivity contribution in [3.05, 3.63) is 59.3 Å². The molecule has 1 saturated heterocycles. The van der Waals surface area contributed by atoms with E-state index < -0.39 is 12.1 Å². The highest BCUT2D eigenvalue weighted by atomic mass is 16.5. The molecule has 2 aliphatic heterocycles. The van der Waals surface area contributed by atoms with Crippen molar-refractivity contribution in [1.82, 2.24) is 14.8 Å². The normalized spacial score (nSPS) is 20.3. The smallest absolute Gasteiger partial charge is 0.246 e. The quantitative estimate of drug-likeness (QED) is 0.638. The minimum atomic E-state index is -0.632. The second-order valence-electron chi connectivity index (χ2n) is 8.08. The van der Waals surface area contributed by atoms with Crippen molar-refractivity contribution in [2.24, 2.45) is 0 Å². The van der Waals surface area contributed by atoms with E-state index in [1.807, 2.05) is 42.5 Å². The van der Waals surface area contributed by atoms with Gasteiger partial charge in [-0.3, -0.25) is 9.59 Å². The van der Waals surface area contributed by atoms with Gasteiger partial charge in [-0.2, -0.15) is 0 Å². The topological polar surface area (TPSA) is 95.1 Å². The summed E-state index contributed by atoms with van der Waals surface area (Å²) in [4.78, 5) is 33.3. The highest BCUT2D eigenvalue weighted by molar-refractivity contribution is 5.97. The van der Waals surface area contributed by atoms with Crippen LogP contribution in [0.25, 0.3) is 10.9 Å². The highest BCUT2D eigenvalue weighted by Gasteiger charge is 2.48. The SMILES string of the molecule is COc1ccc([C@@H]2c3[nH]c4ccccc4c3C[C@H]3C(=O)N(CCO)CC(=O)N23)cc1OC. The molecule has 2 atom stereocenters. The number of piperazine rings is 1. The number of hydrogen-bond donors (Lipinski definition) is 2. The maximum atomic E-state index is 13.3. The number of methoxy groups -OCH3 is 2. The monoisotopic (exact) mass is 435 g/mol. The van der Waals surface area contributed by atoms with Crippen molar-refractivity contribution >= 4 is 22.7 Å². The van der Waals surface area contributed by atoms with Crippen LogP contribution < -0.4 is 9.47 Å². The molecule has 3 aromatic rings. The number of aliphatic hydroxyl groups excluding tert-OH is 1. The van der Waals surface area contributed by atoms with Gasteiger partial charge in [-0.25, -0.2) is 0 Å². The molecule has 8 nitrogen and oxygen atoms in total. The Kier molecular flexibility index (Phi) is 5.01. The first-order valence-corrected chi connectivity index (χ1v) is 10.6. The Bertz CT molecular complexity index is 1200. The summed E-state index contributed by atoms with van der Waals surface area (Å²) >= 11 is 0. The third kappa shape index (κ3) is 3.02. The van der Waals surface area contributed by atoms with Crippen molar-refractivity contribution in [3.8, 4) is 11.5 Å². The van der Waals surface area contributed by atoms with Gasteiger partial charge in [0.15, 0.2) is 11.5 Å². The van der Waals surface area contributed by atoms with Gasteiger partial charge in [0.25, 0.3) is 0 Å². The minimum Gasteiger partial charge on any atom is -0.493 e. The molecule has 2 aliphatic rings. The second-order valence-corrected chi connectivity index (χ2v) is 8.08. The van der Waals surface area contributed by atoms with Gasteiger partial charge in [0.05, 0.1) is 33.4 Å². The molecule has 3 heterocycles.